The number of hydrogen-bond donors (Lipinski definition) is 1. The molecule has 0 radical (unpaired) electrons. The fourth-order valence-electron chi connectivity index (χ4n) is 3.25. The summed E-state index contributed by atoms with van der Waals surface area (Å²) in [6.45, 7) is 4.20. The molecular formula is C25H24Cl2N2O2. The lowest BCUT2D eigenvalue weighted by molar-refractivity contribution is -0.120. The number of benzene rings is 3. The summed E-state index contributed by atoms with van der Waals surface area (Å²) in [5, 5.41) is 3.65. The number of carbonyl (C=O) groups excluding carboxylic acids is 2. The van der Waals surface area contributed by atoms with E-state index in [1.807, 2.05) is 68.4 Å². The normalized spacial score (nSPS) is 10.7. The van der Waals surface area contributed by atoms with Crippen molar-refractivity contribution in [1.82, 2.24) is 5.32 Å². The second-order valence-electron chi connectivity index (χ2n) is 7.57. The summed E-state index contributed by atoms with van der Waals surface area (Å²) < 4.78 is 0. The molecule has 6 heteroatoms. The zero-order valence-corrected chi connectivity index (χ0v) is 19.0. The molecule has 31 heavy (non-hydrogen) atoms. The molecule has 3 aromatic rings. The van der Waals surface area contributed by atoms with Crippen molar-refractivity contribution in [3.8, 4) is 0 Å². The van der Waals surface area contributed by atoms with E-state index in [2.05, 4.69) is 5.32 Å². The van der Waals surface area contributed by atoms with Gasteiger partial charge in [0.1, 0.15) is 0 Å². The minimum absolute atomic E-state index is 0.0613. The number of hydrogen-bond acceptors (Lipinski definition) is 2. The Bertz CT molecular complexity index is 1070. The lowest BCUT2D eigenvalue weighted by atomic mass is 10.1. The van der Waals surface area contributed by atoms with Crippen LogP contribution in [0.2, 0.25) is 10.0 Å². The maximum atomic E-state index is 13.5. The molecule has 0 aliphatic rings. The second kappa shape index (κ2) is 10.5. The Morgan fingerprint density at radius 1 is 0.903 bits per heavy atom. The van der Waals surface area contributed by atoms with E-state index >= 15 is 0 Å². The van der Waals surface area contributed by atoms with E-state index in [1.54, 1.807) is 23.1 Å². The number of nitrogens with zero attached hydrogens (tertiary/aromatic N) is 1. The first-order valence-corrected chi connectivity index (χ1v) is 10.8. The highest BCUT2D eigenvalue weighted by Gasteiger charge is 2.21. The lowest BCUT2D eigenvalue weighted by Gasteiger charge is -2.24. The van der Waals surface area contributed by atoms with Gasteiger partial charge in [0, 0.05) is 16.8 Å². The largest absolute Gasteiger partial charge is 0.354 e. The van der Waals surface area contributed by atoms with E-state index < -0.39 is 0 Å². The molecule has 0 aromatic heterocycles. The van der Waals surface area contributed by atoms with Gasteiger partial charge in [-0.1, -0.05) is 65.7 Å². The van der Waals surface area contributed by atoms with Crippen LogP contribution >= 0.6 is 23.2 Å². The van der Waals surface area contributed by atoms with Crippen LogP contribution < -0.4 is 10.2 Å². The predicted octanol–water partition coefficient (Wildman–Crippen LogP) is 5.91. The summed E-state index contributed by atoms with van der Waals surface area (Å²) in [6.07, 6.45) is 0.237. The number of rotatable bonds is 7. The second-order valence-corrected chi connectivity index (χ2v) is 8.41. The highest BCUT2D eigenvalue weighted by Crippen LogP contribution is 2.27. The van der Waals surface area contributed by atoms with Crippen LogP contribution in [0.1, 0.15) is 35.3 Å². The number of halogens is 2. The number of nitrogens with one attached hydrogen (secondary N) is 1. The highest BCUT2D eigenvalue weighted by molar-refractivity contribution is 6.37. The van der Waals surface area contributed by atoms with Crippen molar-refractivity contribution in [3.63, 3.8) is 0 Å². The third-order valence-electron chi connectivity index (χ3n) is 4.63. The fraction of sp³-hybridized carbons (Fsp3) is 0.200. The molecule has 0 aliphatic carbocycles. The summed E-state index contributed by atoms with van der Waals surface area (Å²) in [4.78, 5) is 27.3. The SMILES string of the molecule is CC(C)NC(=O)Cc1cccc(N(Cc2ccccc2)C(=O)c2ccc(Cl)cc2Cl)c1. The van der Waals surface area contributed by atoms with Gasteiger partial charge in [-0.25, -0.2) is 0 Å². The van der Waals surface area contributed by atoms with Crippen molar-refractivity contribution in [1.29, 1.82) is 0 Å². The third kappa shape index (κ3) is 6.33. The molecule has 160 valence electrons. The highest BCUT2D eigenvalue weighted by atomic mass is 35.5. The number of anilines is 1. The first kappa shape index (κ1) is 22.9. The van der Waals surface area contributed by atoms with Gasteiger partial charge in [0.15, 0.2) is 0 Å². The van der Waals surface area contributed by atoms with Gasteiger partial charge in [0.25, 0.3) is 5.91 Å². The Labute approximate surface area is 192 Å². The molecule has 0 atom stereocenters. The number of amides is 2. The van der Waals surface area contributed by atoms with Gasteiger partial charge in [0.2, 0.25) is 5.91 Å². The van der Waals surface area contributed by atoms with Crippen molar-refractivity contribution in [3.05, 3.63) is 99.5 Å². The summed E-state index contributed by atoms with van der Waals surface area (Å²) in [5.41, 5.74) is 2.85. The van der Waals surface area contributed by atoms with Gasteiger partial charge >= 0.3 is 0 Å². The molecule has 2 amide bonds. The van der Waals surface area contributed by atoms with E-state index in [1.165, 1.54) is 0 Å². The summed E-state index contributed by atoms with van der Waals surface area (Å²) >= 11 is 12.3. The van der Waals surface area contributed by atoms with Crippen LogP contribution in [0.3, 0.4) is 0 Å². The van der Waals surface area contributed by atoms with E-state index in [-0.39, 0.29) is 24.3 Å². The van der Waals surface area contributed by atoms with Crippen molar-refractivity contribution in [2.24, 2.45) is 0 Å². The molecule has 0 fully saturated rings. The van der Waals surface area contributed by atoms with Gasteiger partial charge in [-0.3, -0.25) is 9.59 Å². The average Bonchev–Trinajstić information content (AvgIpc) is 2.72. The molecule has 1 N–H and O–H groups in total. The molecule has 0 heterocycles. The predicted molar refractivity (Wildman–Crippen MR) is 127 cm³/mol. The van der Waals surface area contributed by atoms with Crippen molar-refractivity contribution in [2.75, 3.05) is 4.90 Å². The molecule has 0 unspecified atom stereocenters. The van der Waals surface area contributed by atoms with Crippen LogP contribution in [0.25, 0.3) is 0 Å². The van der Waals surface area contributed by atoms with Gasteiger partial charge in [0.05, 0.1) is 23.6 Å². The zero-order chi connectivity index (χ0) is 22.4. The van der Waals surface area contributed by atoms with Crippen molar-refractivity contribution >= 4 is 40.7 Å². The van der Waals surface area contributed by atoms with Gasteiger partial charge in [-0.05, 0) is 55.3 Å². The first-order valence-electron chi connectivity index (χ1n) is 10.0. The average molecular weight is 455 g/mol. The Morgan fingerprint density at radius 2 is 1.61 bits per heavy atom. The minimum atomic E-state index is -0.241. The Balaban J connectivity index is 1.95. The van der Waals surface area contributed by atoms with E-state index in [0.717, 1.165) is 11.1 Å². The maximum Gasteiger partial charge on any atom is 0.260 e. The van der Waals surface area contributed by atoms with Crippen molar-refractivity contribution < 1.29 is 9.59 Å². The fourth-order valence-corrected chi connectivity index (χ4v) is 3.74. The van der Waals surface area contributed by atoms with Gasteiger partial charge in [-0.15, -0.1) is 0 Å². The first-order chi connectivity index (χ1) is 14.8. The third-order valence-corrected chi connectivity index (χ3v) is 5.17. The monoisotopic (exact) mass is 454 g/mol. The van der Waals surface area contributed by atoms with Gasteiger partial charge < -0.3 is 10.2 Å². The Kier molecular flexibility index (Phi) is 7.72. The van der Waals surface area contributed by atoms with Crippen LogP contribution in [0.4, 0.5) is 5.69 Å². The van der Waals surface area contributed by atoms with Crippen LogP contribution in [-0.2, 0) is 17.8 Å². The Hall–Kier alpha value is -2.82. The topological polar surface area (TPSA) is 49.4 Å². The molecule has 0 saturated carbocycles. The Morgan fingerprint density at radius 3 is 2.29 bits per heavy atom. The minimum Gasteiger partial charge on any atom is -0.354 e. The van der Waals surface area contributed by atoms with E-state index in [0.29, 0.717) is 27.8 Å². The maximum absolute atomic E-state index is 13.5. The molecule has 0 saturated heterocycles. The number of carbonyl (C=O) groups is 2. The lowest BCUT2D eigenvalue weighted by Crippen LogP contribution is -2.32. The molecule has 0 aliphatic heterocycles. The van der Waals surface area contributed by atoms with Gasteiger partial charge in [-0.2, -0.15) is 0 Å². The van der Waals surface area contributed by atoms with Crippen LogP contribution in [0.15, 0.2) is 72.8 Å². The zero-order valence-electron chi connectivity index (χ0n) is 17.4. The quantitative estimate of drug-likeness (QED) is 0.482. The molecule has 3 aromatic carbocycles. The van der Waals surface area contributed by atoms with Crippen molar-refractivity contribution in [2.45, 2.75) is 32.9 Å². The van der Waals surface area contributed by atoms with E-state index in [4.69, 9.17) is 23.2 Å². The smallest absolute Gasteiger partial charge is 0.260 e. The standard InChI is InChI=1S/C25H24Cl2N2O2/c1-17(2)28-24(30)14-19-9-6-10-21(13-19)29(16-18-7-4-3-5-8-18)25(31)22-12-11-20(26)15-23(22)27/h3-13,15,17H,14,16H2,1-2H3,(H,28,30). The summed E-state index contributed by atoms with van der Waals surface area (Å²) in [6, 6.07) is 22.1. The molecule has 3 rings (SSSR count). The van der Waals surface area contributed by atoms with Crippen LogP contribution in [0.5, 0.6) is 0 Å². The molecular weight excluding hydrogens is 431 g/mol. The molecule has 4 nitrogen and oxygen atoms in total. The summed E-state index contributed by atoms with van der Waals surface area (Å²) in [7, 11) is 0. The molecule has 0 bridgehead atoms. The van der Waals surface area contributed by atoms with Crippen LogP contribution in [-0.4, -0.2) is 17.9 Å². The van der Waals surface area contributed by atoms with Crippen LogP contribution in [0, 0.1) is 0 Å². The summed E-state index contributed by atoms with van der Waals surface area (Å²) in [5.74, 6) is -0.303. The van der Waals surface area contributed by atoms with E-state index in [9.17, 15) is 9.59 Å². The molecule has 0 spiro atoms.